The molecule has 198 valence electrons. The number of nitrogens with one attached hydrogen (secondary N) is 1. The van der Waals surface area contributed by atoms with Gasteiger partial charge in [-0.1, -0.05) is 6.07 Å². The molecule has 0 atom stereocenters. The van der Waals surface area contributed by atoms with Gasteiger partial charge in [0.2, 0.25) is 5.91 Å². The SMILES string of the molecule is CCOc1ccc(/C=C/C(=O)Nc2ccc3c(c2)N(CCOc2ccc(OC)cc2)C(=O)CO3)cc1OC. The minimum absolute atomic E-state index is 0.0600. The third-order valence-electron chi connectivity index (χ3n) is 5.73. The lowest BCUT2D eigenvalue weighted by Crippen LogP contribution is -2.41. The number of benzene rings is 3. The highest BCUT2D eigenvalue weighted by Gasteiger charge is 2.26. The molecule has 1 aliphatic heterocycles. The molecule has 0 bridgehead atoms. The molecule has 1 heterocycles. The van der Waals surface area contributed by atoms with E-state index in [9.17, 15) is 9.59 Å². The summed E-state index contributed by atoms with van der Waals surface area (Å²) in [6.07, 6.45) is 3.11. The van der Waals surface area contributed by atoms with Crippen molar-refractivity contribution >= 4 is 29.3 Å². The summed E-state index contributed by atoms with van der Waals surface area (Å²) in [5.41, 5.74) is 1.88. The predicted molar refractivity (Wildman–Crippen MR) is 145 cm³/mol. The summed E-state index contributed by atoms with van der Waals surface area (Å²) in [7, 11) is 3.17. The van der Waals surface area contributed by atoms with E-state index in [1.54, 1.807) is 79.8 Å². The Labute approximate surface area is 221 Å². The first-order valence-corrected chi connectivity index (χ1v) is 12.1. The van der Waals surface area contributed by atoms with Gasteiger partial charge in [-0.3, -0.25) is 9.59 Å². The molecule has 0 aromatic heterocycles. The van der Waals surface area contributed by atoms with Crippen LogP contribution in [0.25, 0.3) is 6.08 Å². The van der Waals surface area contributed by atoms with E-state index in [-0.39, 0.29) is 25.0 Å². The summed E-state index contributed by atoms with van der Waals surface area (Å²) in [5.74, 6) is 2.68. The van der Waals surface area contributed by atoms with Crippen molar-refractivity contribution in [3.05, 3.63) is 72.3 Å². The smallest absolute Gasteiger partial charge is 0.265 e. The third kappa shape index (κ3) is 6.56. The Morgan fingerprint density at radius 1 is 0.974 bits per heavy atom. The molecule has 3 aromatic rings. The molecule has 0 radical (unpaired) electrons. The highest BCUT2D eigenvalue weighted by molar-refractivity contribution is 6.03. The van der Waals surface area contributed by atoms with E-state index in [0.29, 0.717) is 47.5 Å². The molecule has 3 aromatic carbocycles. The maximum atomic E-state index is 12.6. The number of hydrogen-bond donors (Lipinski definition) is 1. The number of amides is 2. The summed E-state index contributed by atoms with van der Waals surface area (Å²) in [5, 5.41) is 2.83. The van der Waals surface area contributed by atoms with Gasteiger partial charge in [-0.2, -0.15) is 0 Å². The van der Waals surface area contributed by atoms with Gasteiger partial charge in [-0.25, -0.2) is 0 Å². The van der Waals surface area contributed by atoms with Gasteiger partial charge >= 0.3 is 0 Å². The van der Waals surface area contributed by atoms with E-state index in [0.717, 1.165) is 11.3 Å². The van der Waals surface area contributed by atoms with Gasteiger partial charge in [0.05, 0.1) is 33.1 Å². The fraction of sp³-hybridized carbons (Fsp3) is 0.241. The number of anilines is 2. The van der Waals surface area contributed by atoms with E-state index >= 15 is 0 Å². The van der Waals surface area contributed by atoms with E-state index in [1.807, 2.05) is 13.0 Å². The largest absolute Gasteiger partial charge is 0.497 e. The van der Waals surface area contributed by atoms with Crippen molar-refractivity contribution in [2.45, 2.75) is 6.92 Å². The first kappa shape index (κ1) is 26.4. The van der Waals surface area contributed by atoms with Crippen LogP contribution in [0.1, 0.15) is 12.5 Å². The van der Waals surface area contributed by atoms with Crippen LogP contribution in [0.5, 0.6) is 28.7 Å². The van der Waals surface area contributed by atoms with Crippen molar-refractivity contribution in [3.63, 3.8) is 0 Å². The monoisotopic (exact) mass is 518 g/mol. The van der Waals surface area contributed by atoms with Crippen LogP contribution in [0, 0.1) is 0 Å². The second kappa shape index (κ2) is 12.5. The van der Waals surface area contributed by atoms with Gasteiger partial charge in [-0.15, -0.1) is 0 Å². The summed E-state index contributed by atoms with van der Waals surface area (Å²) < 4.78 is 27.4. The highest BCUT2D eigenvalue weighted by atomic mass is 16.5. The fourth-order valence-electron chi connectivity index (χ4n) is 3.87. The Morgan fingerprint density at radius 3 is 2.50 bits per heavy atom. The Bertz CT molecular complexity index is 1300. The molecule has 0 saturated heterocycles. The molecular formula is C29H30N2O7. The Kier molecular flexibility index (Phi) is 8.71. The van der Waals surface area contributed by atoms with Gasteiger partial charge in [0.15, 0.2) is 18.1 Å². The van der Waals surface area contributed by atoms with Crippen LogP contribution < -0.4 is 33.9 Å². The van der Waals surface area contributed by atoms with E-state index in [1.165, 1.54) is 6.08 Å². The number of carbonyl (C=O) groups excluding carboxylic acids is 2. The van der Waals surface area contributed by atoms with Crippen molar-refractivity contribution in [2.75, 3.05) is 50.8 Å². The molecule has 0 fully saturated rings. The Morgan fingerprint density at radius 2 is 1.76 bits per heavy atom. The van der Waals surface area contributed by atoms with Crippen molar-refractivity contribution in [1.82, 2.24) is 0 Å². The van der Waals surface area contributed by atoms with Crippen LogP contribution in [0.2, 0.25) is 0 Å². The molecule has 1 aliphatic rings. The van der Waals surface area contributed by atoms with Crippen LogP contribution in [0.3, 0.4) is 0 Å². The molecule has 4 rings (SSSR count). The molecular weight excluding hydrogens is 488 g/mol. The zero-order valence-electron chi connectivity index (χ0n) is 21.6. The maximum absolute atomic E-state index is 12.6. The van der Waals surface area contributed by atoms with Crippen molar-refractivity contribution in [3.8, 4) is 28.7 Å². The van der Waals surface area contributed by atoms with E-state index < -0.39 is 0 Å². The summed E-state index contributed by atoms with van der Waals surface area (Å²) >= 11 is 0. The normalized spacial score (nSPS) is 12.5. The lowest BCUT2D eigenvalue weighted by atomic mass is 10.1. The van der Waals surface area contributed by atoms with E-state index in [2.05, 4.69) is 5.32 Å². The number of methoxy groups -OCH3 is 2. The van der Waals surface area contributed by atoms with Crippen LogP contribution in [-0.4, -0.2) is 52.4 Å². The topological polar surface area (TPSA) is 95.6 Å². The number of fused-ring (bicyclic) bond motifs is 1. The quantitative estimate of drug-likeness (QED) is 0.372. The molecule has 0 spiro atoms. The minimum atomic E-state index is -0.324. The zero-order valence-corrected chi connectivity index (χ0v) is 21.6. The molecule has 9 heteroatoms. The zero-order chi connectivity index (χ0) is 26.9. The van der Waals surface area contributed by atoms with Crippen LogP contribution >= 0.6 is 0 Å². The van der Waals surface area contributed by atoms with Crippen LogP contribution in [-0.2, 0) is 9.59 Å². The first-order valence-electron chi connectivity index (χ1n) is 12.1. The van der Waals surface area contributed by atoms with Gasteiger partial charge < -0.3 is 33.9 Å². The van der Waals surface area contributed by atoms with E-state index in [4.69, 9.17) is 23.7 Å². The van der Waals surface area contributed by atoms with Crippen LogP contribution in [0.4, 0.5) is 11.4 Å². The maximum Gasteiger partial charge on any atom is 0.265 e. The molecule has 1 N–H and O–H groups in total. The van der Waals surface area contributed by atoms with Crippen molar-refractivity contribution in [1.29, 1.82) is 0 Å². The van der Waals surface area contributed by atoms with Gasteiger partial charge in [0.25, 0.3) is 5.91 Å². The number of nitrogens with zero attached hydrogens (tertiary/aromatic N) is 1. The standard InChI is InChI=1S/C29H30N2O7/c1-4-36-26-12-5-20(17-27(26)35-3)6-14-28(32)30-21-7-13-25-24(18-21)31(29(33)19-38-25)15-16-37-23-10-8-22(34-2)9-11-23/h5-14,17-18H,4,15-16,19H2,1-3H3,(H,30,32)/b14-6+. The highest BCUT2D eigenvalue weighted by Crippen LogP contribution is 2.34. The average molecular weight is 519 g/mol. The lowest BCUT2D eigenvalue weighted by molar-refractivity contribution is -0.121. The Hall–Kier alpha value is -4.66. The second-order valence-electron chi connectivity index (χ2n) is 8.21. The molecule has 0 unspecified atom stereocenters. The molecule has 0 saturated carbocycles. The minimum Gasteiger partial charge on any atom is -0.497 e. The number of rotatable bonds is 11. The average Bonchev–Trinajstić information content (AvgIpc) is 2.94. The lowest BCUT2D eigenvalue weighted by Gasteiger charge is -2.29. The van der Waals surface area contributed by atoms with Gasteiger partial charge in [-0.05, 0) is 73.2 Å². The molecule has 38 heavy (non-hydrogen) atoms. The first-order chi connectivity index (χ1) is 18.5. The molecule has 2 amide bonds. The second-order valence-corrected chi connectivity index (χ2v) is 8.21. The number of ether oxygens (including phenoxy) is 5. The van der Waals surface area contributed by atoms with Gasteiger partial charge in [0, 0.05) is 11.8 Å². The summed E-state index contributed by atoms with van der Waals surface area (Å²) in [6, 6.07) is 17.8. The van der Waals surface area contributed by atoms with Crippen molar-refractivity contribution < 1.29 is 33.3 Å². The molecule has 0 aliphatic carbocycles. The van der Waals surface area contributed by atoms with Crippen LogP contribution in [0.15, 0.2) is 66.7 Å². The summed E-state index contributed by atoms with van der Waals surface area (Å²) in [6.45, 7) is 2.96. The number of hydrogen-bond acceptors (Lipinski definition) is 7. The van der Waals surface area contributed by atoms with Crippen molar-refractivity contribution in [2.24, 2.45) is 0 Å². The summed E-state index contributed by atoms with van der Waals surface area (Å²) in [4.78, 5) is 26.8. The van der Waals surface area contributed by atoms with Gasteiger partial charge in [0.1, 0.15) is 23.9 Å². The predicted octanol–water partition coefficient (Wildman–Crippen LogP) is 4.56. The number of carbonyl (C=O) groups is 2. The Balaban J connectivity index is 1.40. The fourth-order valence-corrected chi connectivity index (χ4v) is 3.87. The third-order valence-corrected chi connectivity index (χ3v) is 5.73. The molecule has 9 nitrogen and oxygen atoms in total.